The zero-order chi connectivity index (χ0) is 10.9. The quantitative estimate of drug-likeness (QED) is 0.704. The maximum absolute atomic E-state index is 12.4. The van der Waals surface area contributed by atoms with Crippen LogP contribution in [0.15, 0.2) is 23.2 Å². The number of alkyl halides is 3. The minimum Gasteiger partial charge on any atom is -0.383 e. The average molecular weight is 214 g/mol. The number of benzene rings is 1. The van der Waals surface area contributed by atoms with Crippen molar-refractivity contribution in [1.82, 2.24) is 0 Å². The Kier molecular flexibility index (Phi) is 2.38. The molecule has 0 unspecified atom stereocenters. The molecule has 0 radical (unpaired) electrons. The van der Waals surface area contributed by atoms with Gasteiger partial charge in [-0.25, -0.2) is 0 Å². The van der Waals surface area contributed by atoms with Crippen molar-refractivity contribution >= 4 is 17.6 Å². The first-order valence-corrected chi connectivity index (χ1v) is 4.55. The van der Waals surface area contributed by atoms with E-state index in [2.05, 4.69) is 10.3 Å². The summed E-state index contributed by atoms with van der Waals surface area (Å²) in [5.74, 6) is 0. The van der Waals surface area contributed by atoms with Gasteiger partial charge in [-0.1, -0.05) is 0 Å². The maximum atomic E-state index is 12.4. The van der Waals surface area contributed by atoms with E-state index >= 15 is 0 Å². The van der Waals surface area contributed by atoms with Crippen LogP contribution in [0.25, 0.3) is 0 Å². The Morgan fingerprint density at radius 2 is 2.07 bits per heavy atom. The first kappa shape index (κ1) is 10.0. The van der Waals surface area contributed by atoms with Gasteiger partial charge < -0.3 is 5.32 Å². The van der Waals surface area contributed by atoms with Crippen molar-refractivity contribution < 1.29 is 13.2 Å². The summed E-state index contributed by atoms with van der Waals surface area (Å²) < 4.78 is 37.2. The van der Waals surface area contributed by atoms with Crippen LogP contribution in [0.2, 0.25) is 0 Å². The Bertz CT molecular complexity index is 396. The van der Waals surface area contributed by atoms with Crippen LogP contribution < -0.4 is 5.32 Å². The molecule has 2 rings (SSSR count). The molecule has 15 heavy (non-hydrogen) atoms. The lowest BCUT2D eigenvalue weighted by atomic mass is 10.1. The lowest BCUT2D eigenvalue weighted by molar-refractivity contribution is -0.137. The van der Waals surface area contributed by atoms with E-state index in [4.69, 9.17) is 0 Å². The van der Waals surface area contributed by atoms with E-state index < -0.39 is 11.7 Å². The molecular formula is C10H9F3N2. The molecule has 5 heteroatoms. The van der Waals surface area contributed by atoms with Gasteiger partial charge >= 0.3 is 6.18 Å². The third-order valence-electron chi connectivity index (χ3n) is 2.14. The molecule has 80 valence electrons. The number of nitrogens with zero attached hydrogens (tertiary/aromatic N) is 1. The van der Waals surface area contributed by atoms with Crippen molar-refractivity contribution in [2.45, 2.75) is 12.6 Å². The highest BCUT2D eigenvalue weighted by molar-refractivity contribution is 5.75. The molecule has 1 aromatic rings. The molecule has 0 spiro atoms. The minimum atomic E-state index is -4.30. The number of anilines is 1. The summed E-state index contributed by atoms with van der Waals surface area (Å²) in [7, 11) is 0. The molecule has 0 aromatic heterocycles. The molecule has 1 heterocycles. The molecule has 0 amide bonds. The van der Waals surface area contributed by atoms with Crippen LogP contribution in [0, 0.1) is 0 Å². The van der Waals surface area contributed by atoms with Gasteiger partial charge in [0.25, 0.3) is 0 Å². The predicted molar refractivity (Wildman–Crippen MR) is 52.7 cm³/mol. The van der Waals surface area contributed by atoms with Gasteiger partial charge in [-0.3, -0.25) is 4.99 Å². The SMILES string of the molecule is FC(F)(F)c1ccc2c(c1)NCCC=N2. The lowest BCUT2D eigenvalue weighted by Gasteiger charge is -2.10. The van der Waals surface area contributed by atoms with Crippen molar-refractivity contribution in [3.63, 3.8) is 0 Å². The van der Waals surface area contributed by atoms with E-state index in [1.807, 2.05) is 0 Å². The summed E-state index contributed by atoms with van der Waals surface area (Å²) in [5, 5.41) is 2.91. The number of hydrogen-bond donors (Lipinski definition) is 1. The van der Waals surface area contributed by atoms with E-state index in [-0.39, 0.29) is 0 Å². The average Bonchev–Trinajstić information content (AvgIpc) is 2.39. The van der Waals surface area contributed by atoms with Gasteiger partial charge in [-0.15, -0.1) is 0 Å². The fourth-order valence-electron chi connectivity index (χ4n) is 1.40. The van der Waals surface area contributed by atoms with E-state index in [1.54, 1.807) is 6.21 Å². The highest BCUT2D eigenvalue weighted by Crippen LogP contribution is 2.35. The number of fused-ring (bicyclic) bond motifs is 1. The molecule has 0 atom stereocenters. The maximum Gasteiger partial charge on any atom is 0.416 e. The molecule has 0 aliphatic carbocycles. The molecule has 2 nitrogen and oxygen atoms in total. The van der Waals surface area contributed by atoms with Gasteiger partial charge in [-0.2, -0.15) is 13.2 Å². The summed E-state index contributed by atoms with van der Waals surface area (Å²) in [4.78, 5) is 4.06. The number of nitrogens with one attached hydrogen (secondary N) is 1. The van der Waals surface area contributed by atoms with Gasteiger partial charge in [-0.05, 0) is 18.2 Å². The second-order valence-electron chi connectivity index (χ2n) is 3.26. The lowest BCUT2D eigenvalue weighted by Crippen LogP contribution is -2.06. The van der Waals surface area contributed by atoms with Gasteiger partial charge in [0, 0.05) is 19.2 Å². The van der Waals surface area contributed by atoms with Crippen molar-refractivity contribution in [2.24, 2.45) is 4.99 Å². The first-order chi connectivity index (χ1) is 7.07. The molecule has 1 aromatic carbocycles. The third kappa shape index (κ3) is 2.11. The van der Waals surface area contributed by atoms with Crippen LogP contribution in [-0.4, -0.2) is 12.8 Å². The molecule has 0 fully saturated rings. The Morgan fingerprint density at radius 3 is 2.80 bits per heavy atom. The molecule has 1 aliphatic rings. The third-order valence-corrected chi connectivity index (χ3v) is 2.14. The van der Waals surface area contributed by atoms with Crippen molar-refractivity contribution in [3.8, 4) is 0 Å². The molecule has 1 N–H and O–H groups in total. The number of aliphatic imine (C=N–C) groups is 1. The highest BCUT2D eigenvalue weighted by Gasteiger charge is 2.31. The van der Waals surface area contributed by atoms with Crippen molar-refractivity contribution in [1.29, 1.82) is 0 Å². The van der Waals surface area contributed by atoms with E-state index in [9.17, 15) is 13.2 Å². The standard InChI is InChI=1S/C10H9F3N2/c11-10(12,13)7-2-3-8-9(6-7)15-5-1-4-14-8/h2-4,6,15H,1,5H2. The first-order valence-electron chi connectivity index (χ1n) is 4.55. The summed E-state index contributed by atoms with van der Waals surface area (Å²) in [6, 6.07) is 3.52. The Balaban J connectivity index is 2.42. The molecular weight excluding hydrogens is 205 g/mol. The minimum absolute atomic E-state index is 0.443. The van der Waals surface area contributed by atoms with Crippen LogP contribution in [0.4, 0.5) is 24.5 Å². The van der Waals surface area contributed by atoms with Crippen LogP contribution >= 0.6 is 0 Å². The van der Waals surface area contributed by atoms with Crippen LogP contribution in [-0.2, 0) is 6.18 Å². The second kappa shape index (κ2) is 3.56. The summed E-state index contributed by atoms with van der Waals surface area (Å²) in [6.45, 7) is 0.609. The molecule has 0 bridgehead atoms. The van der Waals surface area contributed by atoms with Crippen LogP contribution in [0.1, 0.15) is 12.0 Å². The second-order valence-corrected chi connectivity index (χ2v) is 3.26. The number of halogens is 3. The summed E-state index contributed by atoms with van der Waals surface area (Å²) in [6.07, 6.45) is -1.88. The largest absolute Gasteiger partial charge is 0.416 e. The smallest absolute Gasteiger partial charge is 0.383 e. The van der Waals surface area contributed by atoms with Crippen molar-refractivity contribution in [3.05, 3.63) is 23.8 Å². The van der Waals surface area contributed by atoms with Crippen LogP contribution in [0.3, 0.4) is 0 Å². The van der Waals surface area contributed by atoms with Crippen LogP contribution in [0.5, 0.6) is 0 Å². The Morgan fingerprint density at radius 1 is 1.27 bits per heavy atom. The normalized spacial score (nSPS) is 15.4. The van der Waals surface area contributed by atoms with Gasteiger partial charge in [0.15, 0.2) is 0 Å². The van der Waals surface area contributed by atoms with E-state index in [1.165, 1.54) is 6.07 Å². The zero-order valence-corrected chi connectivity index (χ0v) is 7.80. The summed E-state index contributed by atoms with van der Waals surface area (Å²) >= 11 is 0. The molecule has 0 saturated carbocycles. The molecule has 0 saturated heterocycles. The monoisotopic (exact) mass is 214 g/mol. The fourth-order valence-corrected chi connectivity index (χ4v) is 1.40. The Labute approximate surface area is 84.8 Å². The Hall–Kier alpha value is -1.52. The predicted octanol–water partition coefficient (Wildman–Crippen LogP) is 3.22. The zero-order valence-electron chi connectivity index (χ0n) is 7.80. The van der Waals surface area contributed by atoms with E-state index in [0.29, 0.717) is 17.9 Å². The van der Waals surface area contributed by atoms with Crippen molar-refractivity contribution in [2.75, 3.05) is 11.9 Å². The van der Waals surface area contributed by atoms with Gasteiger partial charge in [0.2, 0.25) is 0 Å². The summed E-state index contributed by atoms with van der Waals surface area (Å²) in [5.41, 5.74) is 0.352. The van der Waals surface area contributed by atoms with Gasteiger partial charge in [0.1, 0.15) is 0 Å². The number of hydrogen-bond acceptors (Lipinski definition) is 2. The highest BCUT2D eigenvalue weighted by atomic mass is 19.4. The number of rotatable bonds is 0. The van der Waals surface area contributed by atoms with Gasteiger partial charge in [0.05, 0.1) is 16.9 Å². The topological polar surface area (TPSA) is 24.4 Å². The molecule has 1 aliphatic heterocycles. The van der Waals surface area contributed by atoms with E-state index in [0.717, 1.165) is 18.6 Å². The fraction of sp³-hybridized carbons (Fsp3) is 0.300.